The van der Waals surface area contributed by atoms with Crippen LogP contribution in [0.2, 0.25) is 0 Å². The van der Waals surface area contributed by atoms with Crippen LogP contribution in [-0.2, 0) is 0 Å². The second-order valence-electron chi connectivity index (χ2n) is 5.39. The van der Waals surface area contributed by atoms with Gasteiger partial charge in [-0.25, -0.2) is 0 Å². The summed E-state index contributed by atoms with van der Waals surface area (Å²) >= 11 is 0. The van der Waals surface area contributed by atoms with Gasteiger partial charge in [0.05, 0.1) is 16.7 Å². The average Bonchev–Trinajstić information content (AvgIpc) is 2.15. The fourth-order valence-electron chi connectivity index (χ4n) is 1.19. The molecule has 2 N–H and O–H groups in total. The number of nitrogens with one attached hydrogen (secondary N) is 1. The molecule has 0 aliphatic carbocycles. The summed E-state index contributed by atoms with van der Waals surface area (Å²) in [6, 6.07) is 1.77. The molecule has 1 aromatic heterocycles. The lowest BCUT2D eigenvalue weighted by Crippen LogP contribution is -2.57. The molecule has 4 nitrogen and oxygen atoms in total. The molecule has 0 aliphatic heterocycles. The highest BCUT2D eigenvalue weighted by Gasteiger charge is 2.36. The number of amides is 1. The van der Waals surface area contributed by atoms with Crippen LogP contribution in [0.3, 0.4) is 0 Å². The summed E-state index contributed by atoms with van der Waals surface area (Å²) in [6.45, 7) is 8.79. The van der Waals surface area contributed by atoms with E-state index in [0.717, 1.165) is 5.56 Å². The summed E-state index contributed by atoms with van der Waals surface area (Å²) in [4.78, 5) is 16.0. The molecule has 1 rings (SSSR count). The van der Waals surface area contributed by atoms with Crippen LogP contribution in [0.15, 0.2) is 18.5 Å². The number of pyridine rings is 1. The predicted octanol–water partition coefficient (Wildman–Crippen LogP) is 1.67. The summed E-state index contributed by atoms with van der Waals surface area (Å²) < 4.78 is 0. The second-order valence-corrected chi connectivity index (χ2v) is 5.39. The average molecular weight is 236 g/mol. The molecule has 1 aromatic rings. The number of carbonyl (C=O) groups is 1. The van der Waals surface area contributed by atoms with Gasteiger partial charge in [0.2, 0.25) is 0 Å². The zero-order valence-electron chi connectivity index (χ0n) is 11.0. The van der Waals surface area contributed by atoms with Gasteiger partial charge in [-0.3, -0.25) is 9.78 Å². The van der Waals surface area contributed by atoms with Gasteiger partial charge in [-0.15, -0.1) is 0 Å². The minimum atomic E-state index is -1.00. The molecule has 0 fully saturated rings. The van der Waals surface area contributed by atoms with Gasteiger partial charge in [0.15, 0.2) is 0 Å². The van der Waals surface area contributed by atoms with Crippen molar-refractivity contribution in [2.24, 2.45) is 0 Å². The van der Waals surface area contributed by atoms with Crippen molar-refractivity contribution in [2.75, 3.05) is 0 Å². The van der Waals surface area contributed by atoms with Crippen molar-refractivity contribution in [3.63, 3.8) is 0 Å². The van der Waals surface area contributed by atoms with Gasteiger partial charge in [0.25, 0.3) is 5.91 Å². The van der Waals surface area contributed by atoms with E-state index in [2.05, 4.69) is 10.3 Å². The van der Waals surface area contributed by atoms with E-state index in [1.54, 1.807) is 40.0 Å². The highest BCUT2D eigenvalue weighted by atomic mass is 16.3. The Hall–Kier alpha value is -1.42. The molecule has 4 heteroatoms. The minimum absolute atomic E-state index is 0.228. The largest absolute Gasteiger partial charge is 0.388 e. The van der Waals surface area contributed by atoms with Crippen LogP contribution in [0.25, 0.3) is 0 Å². The van der Waals surface area contributed by atoms with E-state index in [9.17, 15) is 9.90 Å². The third kappa shape index (κ3) is 3.27. The maximum absolute atomic E-state index is 12.0. The van der Waals surface area contributed by atoms with E-state index >= 15 is 0 Å². The van der Waals surface area contributed by atoms with Crippen LogP contribution in [0.4, 0.5) is 0 Å². The lowest BCUT2D eigenvalue weighted by Gasteiger charge is -2.37. The number of nitrogens with zero attached hydrogens (tertiary/aromatic N) is 1. The highest BCUT2D eigenvalue weighted by Crippen LogP contribution is 2.21. The summed E-state index contributed by atoms with van der Waals surface area (Å²) in [5.41, 5.74) is -0.283. The molecule has 0 radical (unpaired) electrons. The molecule has 0 unspecified atom stereocenters. The van der Waals surface area contributed by atoms with Crippen molar-refractivity contribution >= 4 is 5.91 Å². The highest BCUT2D eigenvalue weighted by molar-refractivity contribution is 5.94. The van der Waals surface area contributed by atoms with Crippen molar-refractivity contribution in [1.29, 1.82) is 0 Å². The van der Waals surface area contributed by atoms with Gasteiger partial charge >= 0.3 is 0 Å². The fraction of sp³-hybridized carbons (Fsp3) is 0.538. The van der Waals surface area contributed by atoms with E-state index in [0.29, 0.717) is 5.56 Å². The van der Waals surface area contributed by atoms with Gasteiger partial charge in [0, 0.05) is 12.4 Å². The second kappa shape index (κ2) is 4.45. The Morgan fingerprint density at radius 3 is 2.35 bits per heavy atom. The molecule has 0 aromatic carbocycles. The van der Waals surface area contributed by atoms with Crippen molar-refractivity contribution < 1.29 is 9.90 Å². The number of aromatic nitrogens is 1. The van der Waals surface area contributed by atoms with Gasteiger partial charge in [0.1, 0.15) is 0 Å². The van der Waals surface area contributed by atoms with Crippen molar-refractivity contribution in [3.05, 3.63) is 29.6 Å². The molecular formula is C13H20N2O2. The summed E-state index contributed by atoms with van der Waals surface area (Å²) in [6.07, 6.45) is 3.21. The first kappa shape index (κ1) is 13.6. The monoisotopic (exact) mass is 236 g/mol. The lowest BCUT2D eigenvalue weighted by molar-refractivity contribution is -0.00293. The number of aliphatic hydroxyl groups is 1. The number of aryl methyl sites for hydroxylation is 1. The number of hydrogen-bond acceptors (Lipinski definition) is 3. The van der Waals surface area contributed by atoms with E-state index in [1.807, 2.05) is 6.92 Å². The Morgan fingerprint density at radius 1 is 1.29 bits per heavy atom. The molecule has 0 saturated heterocycles. The van der Waals surface area contributed by atoms with E-state index in [4.69, 9.17) is 0 Å². The normalized spacial score (nSPS) is 12.4. The smallest absolute Gasteiger partial charge is 0.253 e. The van der Waals surface area contributed by atoms with Crippen LogP contribution >= 0.6 is 0 Å². The zero-order valence-corrected chi connectivity index (χ0v) is 11.0. The molecule has 17 heavy (non-hydrogen) atoms. The third-order valence-corrected chi connectivity index (χ3v) is 3.09. The van der Waals surface area contributed by atoms with Crippen LogP contribution in [0.1, 0.15) is 43.6 Å². The first-order chi connectivity index (χ1) is 7.63. The Labute approximate surface area is 102 Å². The summed E-state index contributed by atoms with van der Waals surface area (Å²) in [5.74, 6) is -0.228. The Morgan fingerprint density at radius 2 is 1.88 bits per heavy atom. The third-order valence-electron chi connectivity index (χ3n) is 3.09. The van der Waals surface area contributed by atoms with Gasteiger partial charge in [-0.05, 0) is 46.2 Å². The topological polar surface area (TPSA) is 62.2 Å². The molecule has 0 bridgehead atoms. The first-order valence-electron chi connectivity index (χ1n) is 5.60. The van der Waals surface area contributed by atoms with Crippen molar-refractivity contribution in [3.8, 4) is 0 Å². The Kier molecular flexibility index (Phi) is 3.57. The molecule has 94 valence electrons. The quantitative estimate of drug-likeness (QED) is 0.839. The standard InChI is InChI=1S/C13H20N2O2/c1-9-6-10(8-14-7-9)11(16)15-12(2,3)13(4,5)17/h6-8,17H,1-5H3,(H,15,16). The Balaban J connectivity index is 2.87. The minimum Gasteiger partial charge on any atom is -0.388 e. The van der Waals surface area contributed by atoms with Gasteiger partial charge < -0.3 is 10.4 Å². The van der Waals surface area contributed by atoms with Crippen molar-refractivity contribution in [2.45, 2.75) is 45.8 Å². The van der Waals surface area contributed by atoms with Crippen LogP contribution in [-0.4, -0.2) is 27.1 Å². The molecule has 0 aliphatic rings. The van der Waals surface area contributed by atoms with E-state index in [1.165, 1.54) is 6.20 Å². The fourth-order valence-corrected chi connectivity index (χ4v) is 1.19. The molecule has 1 heterocycles. The first-order valence-corrected chi connectivity index (χ1v) is 5.60. The molecule has 0 spiro atoms. The number of rotatable bonds is 3. The zero-order chi connectivity index (χ0) is 13.3. The molecule has 0 saturated carbocycles. The summed E-state index contributed by atoms with van der Waals surface area (Å²) in [7, 11) is 0. The molecular weight excluding hydrogens is 216 g/mol. The van der Waals surface area contributed by atoms with Crippen LogP contribution in [0.5, 0.6) is 0 Å². The lowest BCUT2D eigenvalue weighted by atomic mass is 9.86. The van der Waals surface area contributed by atoms with Gasteiger partial charge in [-0.2, -0.15) is 0 Å². The van der Waals surface area contributed by atoms with Gasteiger partial charge in [-0.1, -0.05) is 0 Å². The van der Waals surface area contributed by atoms with Crippen LogP contribution < -0.4 is 5.32 Å². The summed E-state index contributed by atoms with van der Waals surface area (Å²) in [5, 5.41) is 12.8. The van der Waals surface area contributed by atoms with Crippen molar-refractivity contribution in [1.82, 2.24) is 10.3 Å². The molecule has 1 amide bonds. The maximum atomic E-state index is 12.0. The van der Waals surface area contributed by atoms with E-state index in [-0.39, 0.29) is 5.91 Å². The maximum Gasteiger partial charge on any atom is 0.253 e. The predicted molar refractivity (Wildman–Crippen MR) is 66.8 cm³/mol. The molecule has 0 atom stereocenters. The van der Waals surface area contributed by atoms with Crippen LogP contribution in [0, 0.1) is 6.92 Å². The SMILES string of the molecule is Cc1cncc(C(=O)NC(C)(C)C(C)(C)O)c1. The number of hydrogen-bond donors (Lipinski definition) is 2. The van der Waals surface area contributed by atoms with E-state index < -0.39 is 11.1 Å². The Bertz CT molecular complexity index is 420. The number of carbonyl (C=O) groups excluding carboxylic acids is 1.